The van der Waals surface area contributed by atoms with Gasteiger partial charge in [0.1, 0.15) is 12.6 Å². The molecule has 0 saturated heterocycles. The van der Waals surface area contributed by atoms with Crippen LogP contribution in [-0.4, -0.2) is 34.0 Å². The normalized spacial score (nSPS) is 15.8. The Hall–Kier alpha value is -4.55. The highest BCUT2D eigenvalue weighted by Crippen LogP contribution is 2.43. The maximum Gasteiger partial charge on any atom is 0.322 e. The number of benzene rings is 4. The zero-order valence-corrected chi connectivity index (χ0v) is 22.5. The van der Waals surface area contributed by atoms with Gasteiger partial charge in [-0.2, -0.15) is 0 Å². The van der Waals surface area contributed by atoms with Crippen molar-refractivity contribution in [3.63, 3.8) is 0 Å². The average molecular weight is 547 g/mol. The van der Waals surface area contributed by atoms with Crippen molar-refractivity contribution in [2.75, 3.05) is 16.8 Å². The zero-order chi connectivity index (χ0) is 27.2. The van der Waals surface area contributed by atoms with Crippen LogP contribution in [0, 0.1) is 0 Å². The molecular formula is C33H27ClN4O2. The molecule has 5 aromatic rings. The van der Waals surface area contributed by atoms with E-state index in [0.29, 0.717) is 5.02 Å². The summed E-state index contributed by atoms with van der Waals surface area (Å²) in [5.41, 5.74) is 4.33. The predicted molar refractivity (Wildman–Crippen MR) is 159 cm³/mol. The Morgan fingerprint density at radius 1 is 0.850 bits per heavy atom. The summed E-state index contributed by atoms with van der Waals surface area (Å²) in [7, 11) is 0. The van der Waals surface area contributed by atoms with E-state index in [1.54, 1.807) is 4.90 Å². The quantitative estimate of drug-likeness (QED) is 0.249. The number of hydrogen-bond acceptors (Lipinski definition) is 2. The van der Waals surface area contributed by atoms with Gasteiger partial charge in [0, 0.05) is 22.6 Å². The van der Waals surface area contributed by atoms with Crippen LogP contribution in [0.1, 0.15) is 30.1 Å². The molecule has 1 saturated carbocycles. The minimum Gasteiger partial charge on any atom is -0.316 e. The maximum absolute atomic E-state index is 14.3. The van der Waals surface area contributed by atoms with Crippen LogP contribution in [0.2, 0.25) is 5.02 Å². The molecule has 7 heteroatoms. The number of nitrogens with zero attached hydrogens (tertiary/aromatic N) is 3. The number of halogens is 1. The molecule has 1 aliphatic heterocycles. The van der Waals surface area contributed by atoms with Gasteiger partial charge in [-0.3, -0.25) is 9.69 Å². The number of amides is 3. The lowest BCUT2D eigenvalue weighted by Gasteiger charge is -2.39. The fourth-order valence-electron chi connectivity index (χ4n) is 5.75. The second-order valence-corrected chi connectivity index (χ2v) is 10.8. The Labute approximate surface area is 237 Å². The van der Waals surface area contributed by atoms with E-state index in [4.69, 9.17) is 11.6 Å². The molecule has 1 N–H and O–H groups in total. The number of carbonyl (C=O) groups is 2. The molecule has 0 spiro atoms. The minimum atomic E-state index is -0.390. The molecule has 1 fully saturated rings. The van der Waals surface area contributed by atoms with Crippen LogP contribution in [0.25, 0.3) is 16.5 Å². The van der Waals surface area contributed by atoms with Crippen LogP contribution in [0.5, 0.6) is 0 Å². The molecular weight excluding hydrogens is 520 g/mol. The predicted octanol–water partition coefficient (Wildman–Crippen LogP) is 7.42. The summed E-state index contributed by atoms with van der Waals surface area (Å²) in [5, 5.41) is 5.71. The van der Waals surface area contributed by atoms with Crippen molar-refractivity contribution >= 4 is 45.7 Å². The van der Waals surface area contributed by atoms with Crippen LogP contribution >= 0.6 is 11.6 Å². The second kappa shape index (κ2) is 9.88. The van der Waals surface area contributed by atoms with Crippen molar-refractivity contribution in [1.82, 2.24) is 9.47 Å². The van der Waals surface area contributed by atoms with Crippen molar-refractivity contribution in [3.05, 3.63) is 126 Å². The smallest absolute Gasteiger partial charge is 0.316 e. The first-order chi connectivity index (χ1) is 19.6. The van der Waals surface area contributed by atoms with Gasteiger partial charge >= 0.3 is 6.03 Å². The van der Waals surface area contributed by atoms with Gasteiger partial charge in [-0.15, -0.1) is 0 Å². The monoisotopic (exact) mass is 546 g/mol. The molecule has 2 heterocycles. The summed E-state index contributed by atoms with van der Waals surface area (Å²) in [6, 6.07) is 32.7. The third-order valence-corrected chi connectivity index (χ3v) is 7.97. The lowest BCUT2D eigenvalue weighted by molar-refractivity contribution is -0.119. The van der Waals surface area contributed by atoms with E-state index in [2.05, 4.69) is 9.88 Å². The Morgan fingerprint density at radius 3 is 2.42 bits per heavy atom. The van der Waals surface area contributed by atoms with Gasteiger partial charge in [-0.1, -0.05) is 72.3 Å². The van der Waals surface area contributed by atoms with Gasteiger partial charge in [0.15, 0.2) is 0 Å². The fraction of sp³-hybridized carbons (Fsp3) is 0.152. The number of fused-ring (bicyclic) bond motifs is 4. The number of para-hydroxylation sites is 2. The van der Waals surface area contributed by atoms with E-state index in [1.165, 1.54) is 0 Å². The Morgan fingerprint density at radius 2 is 1.60 bits per heavy atom. The number of carbonyl (C=O) groups excluding carboxylic acids is 2. The van der Waals surface area contributed by atoms with E-state index in [-0.39, 0.29) is 24.5 Å². The number of urea groups is 1. The van der Waals surface area contributed by atoms with E-state index >= 15 is 0 Å². The highest BCUT2D eigenvalue weighted by Gasteiger charge is 2.40. The molecule has 0 bridgehead atoms. The number of rotatable bonds is 5. The molecule has 1 atom stereocenters. The van der Waals surface area contributed by atoms with Gasteiger partial charge in [0.2, 0.25) is 5.91 Å². The largest absolute Gasteiger partial charge is 0.322 e. The first kappa shape index (κ1) is 24.5. The highest BCUT2D eigenvalue weighted by atomic mass is 35.5. The lowest BCUT2D eigenvalue weighted by Crippen LogP contribution is -2.48. The van der Waals surface area contributed by atoms with E-state index in [1.807, 2.05) is 114 Å². The summed E-state index contributed by atoms with van der Waals surface area (Å²) >= 11 is 6.42. The summed E-state index contributed by atoms with van der Waals surface area (Å²) in [4.78, 5) is 31.5. The van der Waals surface area contributed by atoms with Crippen LogP contribution in [0.4, 0.5) is 16.2 Å². The molecule has 6 nitrogen and oxygen atoms in total. The molecule has 3 amide bonds. The summed E-state index contributed by atoms with van der Waals surface area (Å²) in [5.74, 6) is -0.148. The molecule has 198 valence electrons. The fourth-order valence-corrected chi connectivity index (χ4v) is 5.95. The molecule has 0 radical (unpaired) electrons. The topological polar surface area (TPSA) is 57.6 Å². The molecule has 40 heavy (non-hydrogen) atoms. The van der Waals surface area contributed by atoms with Crippen molar-refractivity contribution in [1.29, 1.82) is 0 Å². The third-order valence-electron chi connectivity index (χ3n) is 7.74. The van der Waals surface area contributed by atoms with Crippen molar-refractivity contribution in [3.8, 4) is 5.69 Å². The van der Waals surface area contributed by atoms with Crippen molar-refractivity contribution < 1.29 is 9.59 Å². The number of nitrogens with one attached hydrogen (secondary N) is 1. The SMILES string of the molecule is O=C(Nc1cccc2ccccc12)N(CC(=O)N1c2ccccc2-n2cccc2[C@@H]1c1cccc(Cl)c1)C1CC1. The second-order valence-electron chi connectivity index (χ2n) is 10.3. The Kier molecular flexibility index (Phi) is 6.05. The number of hydrogen-bond donors (Lipinski definition) is 1. The molecule has 1 aromatic heterocycles. The molecule has 0 unspecified atom stereocenters. The summed E-state index contributed by atoms with van der Waals surface area (Å²) in [6.07, 6.45) is 3.78. The zero-order valence-electron chi connectivity index (χ0n) is 21.7. The van der Waals surface area contributed by atoms with Crippen LogP contribution < -0.4 is 10.2 Å². The Bertz CT molecular complexity index is 1750. The first-order valence-corrected chi connectivity index (χ1v) is 13.9. The number of aromatic nitrogens is 1. The molecule has 4 aromatic carbocycles. The van der Waals surface area contributed by atoms with Crippen molar-refractivity contribution in [2.24, 2.45) is 0 Å². The number of anilines is 2. The molecule has 1 aliphatic carbocycles. The van der Waals surface area contributed by atoms with Gasteiger partial charge in [-0.05, 0) is 66.3 Å². The molecule has 7 rings (SSSR count). The van der Waals surface area contributed by atoms with Crippen molar-refractivity contribution in [2.45, 2.75) is 24.9 Å². The van der Waals surface area contributed by atoms with Gasteiger partial charge in [0.05, 0.1) is 22.8 Å². The van der Waals surface area contributed by atoms with Gasteiger partial charge < -0.3 is 14.8 Å². The Balaban J connectivity index is 1.24. The van der Waals surface area contributed by atoms with Crippen LogP contribution in [-0.2, 0) is 4.79 Å². The van der Waals surface area contributed by atoms with E-state index in [9.17, 15) is 9.59 Å². The van der Waals surface area contributed by atoms with E-state index in [0.717, 1.165) is 51.9 Å². The lowest BCUT2D eigenvalue weighted by atomic mass is 9.97. The maximum atomic E-state index is 14.3. The van der Waals surface area contributed by atoms with Crippen LogP contribution in [0.15, 0.2) is 109 Å². The minimum absolute atomic E-state index is 0.0344. The van der Waals surface area contributed by atoms with Gasteiger partial charge in [-0.25, -0.2) is 4.79 Å². The highest BCUT2D eigenvalue weighted by molar-refractivity contribution is 6.30. The van der Waals surface area contributed by atoms with Crippen LogP contribution in [0.3, 0.4) is 0 Å². The third kappa shape index (κ3) is 4.31. The summed E-state index contributed by atoms with van der Waals surface area (Å²) in [6.45, 7) is -0.0344. The average Bonchev–Trinajstić information content (AvgIpc) is 3.70. The molecule has 2 aliphatic rings. The first-order valence-electron chi connectivity index (χ1n) is 13.5. The summed E-state index contributed by atoms with van der Waals surface area (Å²) < 4.78 is 2.12. The standard InChI is InChI=1S/C33H27ClN4O2/c34-24-11-5-10-23(20-24)32-30-16-7-19-36(30)28-14-3-4-15-29(28)38(32)31(39)21-37(25-17-18-25)33(40)35-27-13-6-9-22-8-1-2-12-26(22)27/h1-16,19-20,25,32H,17-18,21H2,(H,35,40)/t32-/m0/s1. The van der Waals surface area contributed by atoms with Gasteiger partial charge in [0.25, 0.3) is 0 Å². The van der Waals surface area contributed by atoms with E-state index < -0.39 is 6.04 Å².